The van der Waals surface area contributed by atoms with Crippen LogP contribution in [0.25, 0.3) is 0 Å². The van der Waals surface area contributed by atoms with E-state index < -0.39 is 0 Å². The van der Waals surface area contributed by atoms with Crippen molar-refractivity contribution in [1.29, 1.82) is 0 Å². The molecule has 0 aliphatic carbocycles. The summed E-state index contributed by atoms with van der Waals surface area (Å²) < 4.78 is 5.89. The Labute approximate surface area is 113 Å². The molecule has 0 fully saturated rings. The average molecular weight is 254 g/mol. The van der Waals surface area contributed by atoms with Gasteiger partial charge in [0.05, 0.1) is 5.69 Å². The van der Waals surface area contributed by atoms with Crippen LogP contribution in [0, 0.1) is 6.92 Å². The first-order valence-electron chi connectivity index (χ1n) is 6.69. The van der Waals surface area contributed by atoms with E-state index in [9.17, 15) is 0 Å². The van der Waals surface area contributed by atoms with Crippen LogP contribution in [0.4, 0.5) is 0 Å². The van der Waals surface area contributed by atoms with Gasteiger partial charge in [-0.3, -0.25) is 4.98 Å². The number of fused-ring (bicyclic) bond motifs is 1. The number of ether oxygens (including phenoxy) is 1. The molecule has 1 aliphatic rings. The molecule has 1 aromatic carbocycles. The number of hydrogen-bond donors (Lipinski definition) is 1. The second-order valence-corrected chi connectivity index (χ2v) is 4.95. The third kappa shape index (κ3) is 2.93. The lowest BCUT2D eigenvalue weighted by Crippen LogP contribution is -2.30. The Bertz CT molecular complexity index is 543. The first-order valence-corrected chi connectivity index (χ1v) is 6.69. The molecule has 0 saturated carbocycles. The largest absolute Gasteiger partial charge is 0.488 e. The highest BCUT2D eigenvalue weighted by Gasteiger charge is 2.21. The minimum atomic E-state index is 0.238. The SMILES string of the molecule is Cc1cccc(CNCC2Cc3ccccc3O2)n1. The van der Waals surface area contributed by atoms with Gasteiger partial charge in [-0.05, 0) is 30.7 Å². The van der Waals surface area contributed by atoms with Crippen LogP contribution in [0.5, 0.6) is 5.75 Å². The summed E-state index contributed by atoms with van der Waals surface area (Å²) in [5.41, 5.74) is 3.45. The van der Waals surface area contributed by atoms with Crippen LogP contribution in [-0.2, 0) is 13.0 Å². The average Bonchev–Trinajstić information content (AvgIpc) is 2.81. The predicted molar refractivity (Wildman–Crippen MR) is 75.2 cm³/mol. The van der Waals surface area contributed by atoms with Crippen molar-refractivity contribution in [2.24, 2.45) is 0 Å². The van der Waals surface area contributed by atoms with Crippen LogP contribution in [0.15, 0.2) is 42.5 Å². The molecule has 3 heteroatoms. The summed E-state index contributed by atoms with van der Waals surface area (Å²) in [6, 6.07) is 14.4. The smallest absolute Gasteiger partial charge is 0.123 e. The quantitative estimate of drug-likeness (QED) is 0.910. The third-order valence-corrected chi connectivity index (χ3v) is 3.34. The van der Waals surface area contributed by atoms with Gasteiger partial charge in [-0.15, -0.1) is 0 Å². The lowest BCUT2D eigenvalue weighted by atomic mass is 10.1. The Morgan fingerprint density at radius 1 is 1.21 bits per heavy atom. The number of rotatable bonds is 4. The maximum Gasteiger partial charge on any atom is 0.123 e. The molecule has 1 aromatic heterocycles. The minimum Gasteiger partial charge on any atom is -0.488 e. The highest BCUT2D eigenvalue weighted by molar-refractivity contribution is 5.37. The number of nitrogens with zero attached hydrogens (tertiary/aromatic N) is 1. The van der Waals surface area contributed by atoms with Gasteiger partial charge in [-0.2, -0.15) is 0 Å². The van der Waals surface area contributed by atoms with Gasteiger partial charge < -0.3 is 10.1 Å². The van der Waals surface area contributed by atoms with E-state index >= 15 is 0 Å². The number of aryl methyl sites for hydroxylation is 1. The monoisotopic (exact) mass is 254 g/mol. The number of para-hydroxylation sites is 1. The molecule has 1 unspecified atom stereocenters. The number of nitrogens with one attached hydrogen (secondary N) is 1. The summed E-state index contributed by atoms with van der Waals surface area (Å²) in [6.45, 7) is 3.66. The van der Waals surface area contributed by atoms with Gasteiger partial charge in [0.15, 0.2) is 0 Å². The molecule has 0 amide bonds. The Morgan fingerprint density at radius 3 is 2.95 bits per heavy atom. The zero-order valence-electron chi connectivity index (χ0n) is 11.1. The van der Waals surface area contributed by atoms with E-state index in [1.165, 1.54) is 5.56 Å². The van der Waals surface area contributed by atoms with Gasteiger partial charge in [0, 0.05) is 25.2 Å². The van der Waals surface area contributed by atoms with Crippen LogP contribution >= 0.6 is 0 Å². The standard InChI is InChI=1S/C16H18N2O/c1-12-5-4-7-14(18-12)10-17-11-15-9-13-6-2-3-8-16(13)19-15/h2-8,15,17H,9-11H2,1H3. The van der Waals surface area contributed by atoms with Gasteiger partial charge in [-0.25, -0.2) is 0 Å². The molecule has 0 bridgehead atoms. The predicted octanol–water partition coefficient (Wildman–Crippen LogP) is 2.48. The van der Waals surface area contributed by atoms with E-state index in [2.05, 4.69) is 22.4 Å². The van der Waals surface area contributed by atoms with Crippen LogP contribution < -0.4 is 10.1 Å². The Hall–Kier alpha value is -1.87. The lowest BCUT2D eigenvalue weighted by molar-refractivity contribution is 0.227. The fourth-order valence-corrected chi connectivity index (χ4v) is 2.43. The fraction of sp³-hybridized carbons (Fsp3) is 0.312. The summed E-state index contributed by atoms with van der Waals surface area (Å²) in [5, 5.41) is 3.42. The molecule has 3 rings (SSSR count). The molecular weight excluding hydrogens is 236 g/mol. The molecule has 1 N–H and O–H groups in total. The van der Waals surface area contributed by atoms with E-state index in [4.69, 9.17) is 4.74 Å². The van der Waals surface area contributed by atoms with Gasteiger partial charge >= 0.3 is 0 Å². The molecule has 98 valence electrons. The minimum absolute atomic E-state index is 0.238. The Balaban J connectivity index is 1.50. The van der Waals surface area contributed by atoms with Crippen molar-refractivity contribution in [3.63, 3.8) is 0 Å². The van der Waals surface area contributed by atoms with Crippen molar-refractivity contribution in [2.45, 2.75) is 26.0 Å². The van der Waals surface area contributed by atoms with Crippen LogP contribution in [0.3, 0.4) is 0 Å². The molecule has 19 heavy (non-hydrogen) atoms. The number of hydrogen-bond acceptors (Lipinski definition) is 3. The van der Waals surface area contributed by atoms with E-state index in [0.717, 1.165) is 36.6 Å². The normalized spacial score (nSPS) is 17.0. The highest BCUT2D eigenvalue weighted by Crippen LogP contribution is 2.27. The molecule has 2 aromatic rings. The van der Waals surface area contributed by atoms with Crippen molar-refractivity contribution in [3.05, 3.63) is 59.4 Å². The molecule has 3 nitrogen and oxygen atoms in total. The van der Waals surface area contributed by atoms with E-state index in [1.54, 1.807) is 0 Å². The van der Waals surface area contributed by atoms with E-state index in [0.29, 0.717) is 0 Å². The third-order valence-electron chi connectivity index (χ3n) is 3.34. The van der Waals surface area contributed by atoms with Gasteiger partial charge in [0.25, 0.3) is 0 Å². The molecular formula is C16H18N2O. The first-order chi connectivity index (χ1) is 9.31. The maximum atomic E-state index is 5.89. The van der Waals surface area contributed by atoms with Crippen molar-refractivity contribution < 1.29 is 4.74 Å². The highest BCUT2D eigenvalue weighted by atomic mass is 16.5. The van der Waals surface area contributed by atoms with Crippen molar-refractivity contribution in [2.75, 3.05) is 6.54 Å². The lowest BCUT2D eigenvalue weighted by Gasteiger charge is -2.11. The van der Waals surface area contributed by atoms with Crippen molar-refractivity contribution >= 4 is 0 Å². The summed E-state index contributed by atoms with van der Waals surface area (Å²) in [4.78, 5) is 4.47. The Morgan fingerprint density at radius 2 is 2.11 bits per heavy atom. The molecule has 0 saturated heterocycles. The summed E-state index contributed by atoms with van der Waals surface area (Å²) >= 11 is 0. The van der Waals surface area contributed by atoms with Gasteiger partial charge in [0.2, 0.25) is 0 Å². The zero-order chi connectivity index (χ0) is 13.1. The summed E-state index contributed by atoms with van der Waals surface area (Å²) in [7, 11) is 0. The zero-order valence-corrected chi connectivity index (χ0v) is 11.1. The van der Waals surface area contributed by atoms with Gasteiger partial charge in [-0.1, -0.05) is 24.3 Å². The van der Waals surface area contributed by atoms with Crippen molar-refractivity contribution in [3.8, 4) is 5.75 Å². The van der Waals surface area contributed by atoms with Crippen LogP contribution in [0.2, 0.25) is 0 Å². The molecule has 0 spiro atoms. The number of benzene rings is 1. The topological polar surface area (TPSA) is 34.1 Å². The first kappa shape index (κ1) is 12.2. The van der Waals surface area contributed by atoms with Crippen molar-refractivity contribution in [1.82, 2.24) is 10.3 Å². The van der Waals surface area contributed by atoms with Crippen LogP contribution in [-0.4, -0.2) is 17.6 Å². The second-order valence-electron chi connectivity index (χ2n) is 4.95. The van der Waals surface area contributed by atoms with Gasteiger partial charge in [0.1, 0.15) is 11.9 Å². The van der Waals surface area contributed by atoms with E-state index in [1.807, 2.05) is 37.3 Å². The molecule has 2 heterocycles. The summed E-state index contributed by atoms with van der Waals surface area (Å²) in [6.07, 6.45) is 1.23. The fourth-order valence-electron chi connectivity index (χ4n) is 2.43. The molecule has 0 radical (unpaired) electrons. The van der Waals surface area contributed by atoms with E-state index in [-0.39, 0.29) is 6.10 Å². The van der Waals surface area contributed by atoms with Crippen LogP contribution in [0.1, 0.15) is 17.0 Å². The maximum absolute atomic E-state index is 5.89. The number of pyridine rings is 1. The number of aromatic nitrogens is 1. The molecule has 1 aliphatic heterocycles. The Kier molecular flexibility index (Phi) is 3.47. The summed E-state index contributed by atoms with van der Waals surface area (Å²) in [5.74, 6) is 1.03. The second kappa shape index (κ2) is 5.41. The molecule has 1 atom stereocenters.